The first-order valence-corrected chi connectivity index (χ1v) is 4.38. The summed E-state index contributed by atoms with van der Waals surface area (Å²) in [5.74, 6) is 5.15. The molecule has 0 aliphatic rings. The number of hydrogen-bond acceptors (Lipinski definition) is 2. The molecule has 1 aromatic rings. The summed E-state index contributed by atoms with van der Waals surface area (Å²) in [6, 6.07) is 1.45. The lowest BCUT2D eigenvalue weighted by atomic mass is 10.3. The molecule has 0 spiro atoms. The van der Waals surface area contributed by atoms with Crippen molar-refractivity contribution in [1.82, 2.24) is 0 Å². The van der Waals surface area contributed by atoms with Gasteiger partial charge in [-0.25, -0.2) is 0 Å². The first kappa shape index (κ1) is 13.4. The molecule has 0 bridgehead atoms. The third kappa shape index (κ3) is 2.69. The minimum atomic E-state index is 0. The SMILES string of the molecule is Cl.NNc1c(Cl)c(Cl)cc(Cl)c1Cl. The monoisotopic (exact) mass is 280 g/mol. The number of nitrogens with one attached hydrogen (secondary N) is 1. The van der Waals surface area contributed by atoms with Gasteiger partial charge in [0.15, 0.2) is 0 Å². The molecule has 0 aliphatic heterocycles. The molecule has 2 nitrogen and oxygen atoms in total. The Morgan fingerprint density at radius 2 is 1.38 bits per heavy atom. The van der Waals surface area contributed by atoms with Gasteiger partial charge in [-0.2, -0.15) is 0 Å². The molecule has 13 heavy (non-hydrogen) atoms. The van der Waals surface area contributed by atoms with Gasteiger partial charge < -0.3 is 5.43 Å². The topological polar surface area (TPSA) is 38.0 Å². The van der Waals surface area contributed by atoms with E-state index in [9.17, 15) is 0 Å². The maximum atomic E-state index is 5.75. The van der Waals surface area contributed by atoms with Crippen molar-refractivity contribution in [3.05, 3.63) is 26.2 Å². The predicted octanol–water partition coefficient (Wildman–Crippen LogP) is 4.01. The van der Waals surface area contributed by atoms with Crippen LogP contribution in [0.5, 0.6) is 0 Å². The van der Waals surface area contributed by atoms with E-state index in [-0.39, 0.29) is 22.5 Å². The van der Waals surface area contributed by atoms with E-state index in [1.165, 1.54) is 6.07 Å². The van der Waals surface area contributed by atoms with Crippen LogP contribution in [-0.4, -0.2) is 0 Å². The van der Waals surface area contributed by atoms with E-state index in [2.05, 4.69) is 5.43 Å². The Bertz CT molecular complexity index is 288. The Kier molecular flexibility index (Phi) is 5.52. The zero-order valence-electron chi connectivity index (χ0n) is 6.07. The second-order valence-electron chi connectivity index (χ2n) is 1.99. The summed E-state index contributed by atoms with van der Waals surface area (Å²) in [6.45, 7) is 0. The van der Waals surface area contributed by atoms with Crippen LogP contribution in [0.1, 0.15) is 0 Å². The lowest BCUT2D eigenvalue weighted by Gasteiger charge is -2.08. The van der Waals surface area contributed by atoms with Crippen LogP contribution in [0.15, 0.2) is 6.07 Å². The van der Waals surface area contributed by atoms with Gasteiger partial charge in [0, 0.05) is 0 Å². The number of nitrogen functional groups attached to an aromatic ring is 1. The number of hydrazine groups is 1. The summed E-state index contributed by atoms with van der Waals surface area (Å²) >= 11 is 22.9. The van der Waals surface area contributed by atoms with Crippen LogP contribution in [0.25, 0.3) is 0 Å². The maximum Gasteiger partial charge on any atom is 0.0891 e. The molecule has 7 heteroatoms. The van der Waals surface area contributed by atoms with Crippen LogP contribution < -0.4 is 11.3 Å². The number of halogens is 5. The maximum absolute atomic E-state index is 5.75. The fourth-order valence-electron chi connectivity index (χ4n) is 0.700. The van der Waals surface area contributed by atoms with Gasteiger partial charge in [-0.05, 0) is 6.07 Å². The van der Waals surface area contributed by atoms with E-state index in [4.69, 9.17) is 52.2 Å². The average molecular weight is 282 g/mol. The molecule has 0 atom stereocenters. The van der Waals surface area contributed by atoms with E-state index in [0.717, 1.165) is 0 Å². The molecule has 0 radical (unpaired) electrons. The summed E-state index contributed by atoms with van der Waals surface area (Å²) in [5.41, 5.74) is 2.64. The highest BCUT2D eigenvalue weighted by atomic mass is 35.5. The zero-order chi connectivity index (χ0) is 9.30. The predicted molar refractivity (Wildman–Crippen MR) is 61.5 cm³/mol. The molecule has 0 unspecified atom stereocenters. The molecule has 0 heterocycles. The Hall–Kier alpha value is 0.430. The molecule has 1 rings (SSSR count). The highest BCUT2D eigenvalue weighted by molar-refractivity contribution is 6.50. The van der Waals surface area contributed by atoms with Crippen LogP contribution in [0.3, 0.4) is 0 Å². The minimum Gasteiger partial charge on any atom is -0.321 e. The first-order valence-electron chi connectivity index (χ1n) is 2.87. The molecular weight excluding hydrogens is 277 g/mol. The summed E-state index contributed by atoms with van der Waals surface area (Å²) in [4.78, 5) is 0. The van der Waals surface area contributed by atoms with Gasteiger partial charge in [-0.3, -0.25) is 5.84 Å². The van der Waals surface area contributed by atoms with Gasteiger partial charge in [0.2, 0.25) is 0 Å². The van der Waals surface area contributed by atoms with Crippen molar-refractivity contribution in [2.45, 2.75) is 0 Å². The lowest BCUT2D eigenvalue weighted by Crippen LogP contribution is -2.08. The van der Waals surface area contributed by atoms with Crippen LogP contribution >= 0.6 is 58.8 Å². The average Bonchev–Trinajstić information content (AvgIpc) is 2.02. The molecule has 0 aliphatic carbocycles. The standard InChI is InChI=1S/C6H4Cl4N2.ClH/c7-2-1-3(8)5(10)6(12-11)4(2)9;/h1,12H,11H2;1H. The highest BCUT2D eigenvalue weighted by Gasteiger charge is 2.12. The lowest BCUT2D eigenvalue weighted by molar-refractivity contribution is 1.35. The number of hydrogen-bond donors (Lipinski definition) is 2. The molecule has 3 N–H and O–H groups in total. The van der Waals surface area contributed by atoms with Crippen LogP contribution in [0.4, 0.5) is 5.69 Å². The van der Waals surface area contributed by atoms with Crippen LogP contribution in [0.2, 0.25) is 20.1 Å². The summed E-state index contributed by atoms with van der Waals surface area (Å²) < 4.78 is 0. The summed E-state index contributed by atoms with van der Waals surface area (Å²) in [7, 11) is 0. The largest absolute Gasteiger partial charge is 0.321 e. The van der Waals surface area contributed by atoms with Gasteiger partial charge in [0.1, 0.15) is 0 Å². The van der Waals surface area contributed by atoms with Crippen molar-refractivity contribution in [2.75, 3.05) is 5.43 Å². The normalized spacial score (nSPS) is 9.31. The van der Waals surface area contributed by atoms with Crippen molar-refractivity contribution < 1.29 is 0 Å². The molecule has 74 valence electrons. The molecular formula is C6H5Cl5N2. The number of nitrogens with two attached hydrogens (primary N) is 1. The van der Waals surface area contributed by atoms with Crippen LogP contribution in [-0.2, 0) is 0 Å². The van der Waals surface area contributed by atoms with Gasteiger partial charge in [0.25, 0.3) is 0 Å². The van der Waals surface area contributed by atoms with Gasteiger partial charge in [-0.1, -0.05) is 46.4 Å². The quantitative estimate of drug-likeness (QED) is 0.464. The van der Waals surface area contributed by atoms with Crippen molar-refractivity contribution in [3.63, 3.8) is 0 Å². The van der Waals surface area contributed by atoms with E-state index < -0.39 is 0 Å². The molecule has 0 aromatic heterocycles. The Balaban J connectivity index is 0.00000144. The smallest absolute Gasteiger partial charge is 0.0891 e. The number of benzene rings is 1. The Labute approximate surface area is 102 Å². The van der Waals surface area contributed by atoms with Gasteiger partial charge >= 0.3 is 0 Å². The minimum absolute atomic E-state index is 0. The summed E-state index contributed by atoms with van der Waals surface area (Å²) in [5, 5.41) is 1.13. The van der Waals surface area contributed by atoms with Crippen LogP contribution in [0, 0.1) is 0 Å². The fraction of sp³-hybridized carbons (Fsp3) is 0. The highest BCUT2D eigenvalue weighted by Crippen LogP contribution is 2.40. The van der Waals surface area contributed by atoms with E-state index >= 15 is 0 Å². The second-order valence-corrected chi connectivity index (χ2v) is 3.56. The van der Waals surface area contributed by atoms with E-state index in [1.807, 2.05) is 0 Å². The first-order chi connectivity index (χ1) is 5.57. The van der Waals surface area contributed by atoms with Crippen molar-refractivity contribution in [1.29, 1.82) is 0 Å². The van der Waals surface area contributed by atoms with E-state index in [1.54, 1.807) is 0 Å². The van der Waals surface area contributed by atoms with Crippen molar-refractivity contribution >= 4 is 64.5 Å². The van der Waals surface area contributed by atoms with Gasteiger partial charge in [0.05, 0.1) is 25.8 Å². The molecule has 1 aromatic carbocycles. The number of anilines is 1. The van der Waals surface area contributed by atoms with E-state index in [0.29, 0.717) is 15.7 Å². The zero-order valence-corrected chi connectivity index (χ0v) is 9.92. The fourth-order valence-corrected chi connectivity index (χ4v) is 1.62. The molecule has 0 saturated heterocycles. The molecule has 0 saturated carbocycles. The second kappa shape index (κ2) is 5.35. The Morgan fingerprint density at radius 3 is 1.69 bits per heavy atom. The summed E-state index contributed by atoms with van der Waals surface area (Å²) in [6.07, 6.45) is 0. The third-order valence-corrected chi connectivity index (χ3v) is 2.83. The van der Waals surface area contributed by atoms with Crippen molar-refractivity contribution in [3.8, 4) is 0 Å². The molecule has 0 amide bonds. The number of rotatable bonds is 1. The third-order valence-electron chi connectivity index (χ3n) is 1.26. The van der Waals surface area contributed by atoms with Crippen molar-refractivity contribution in [2.24, 2.45) is 5.84 Å². The Morgan fingerprint density at radius 1 is 1.00 bits per heavy atom. The molecule has 0 fully saturated rings. The van der Waals surface area contributed by atoms with Gasteiger partial charge in [-0.15, -0.1) is 12.4 Å².